The second kappa shape index (κ2) is 7.85. The van der Waals surface area contributed by atoms with Crippen molar-refractivity contribution >= 4 is 11.6 Å². The van der Waals surface area contributed by atoms with E-state index in [4.69, 9.17) is 21.1 Å². The first-order valence-corrected chi connectivity index (χ1v) is 8.70. The van der Waals surface area contributed by atoms with E-state index in [2.05, 4.69) is 15.1 Å². The molecule has 0 unspecified atom stereocenters. The molecular formula is C19H21ClN4O2. The molecule has 3 aromatic rings. The number of nitrogens with zero attached hydrogens (tertiary/aromatic N) is 4. The number of methoxy groups -OCH3 is 1. The lowest BCUT2D eigenvalue weighted by Gasteiger charge is -2.09. The average Bonchev–Trinajstić information content (AvgIpc) is 3.05. The fourth-order valence-electron chi connectivity index (χ4n) is 2.38. The molecule has 0 aliphatic rings. The van der Waals surface area contributed by atoms with Gasteiger partial charge in [0.05, 0.1) is 23.9 Å². The summed E-state index contributed by atoms with van der Waals surface area (Å²) in [6.45, 7) is 6.27. The zero-order chi connectivity index (χ0) is 18.7. The standard InChI is InChI=1S/C19H21ClN4O2/c1-12(2)26-11-18-22-19(16-8-5-13(3)10-21-16)24(23-18)14-6-7-15(20)17(9-14)25-4/h5-10,12H,11H2,1-4H3. The smallest absolute Gasteiger partial charge is 0.181 e. The van der Waals surface area contributed by atoms with Crippen LogP contribution in [0.15, 0.2) is 36.5 Å². The van der Waals surface area contributed by atoms with Crippen molar-refractivity contribution in [1.29, 1.82) is 0 Å². The molecule has 7 heteroatoms. The Kier molecular flexibility index (Phi) is 5.54. The summed E-state index contributed by atoms with van der Waals surface area (Å²) in [4.78, 5) is 9.11. The van der Waals surface area contributed by atoms with Crippen molar-refractivity contribution < 1.29 is 9.47 Å². The summed E-state index contributed by atoms with van der Waals surface area (Å²) < 4.78 is 12.7. The molecule has 0 fully saturated rings. The minimum absolute atomic E-state index is 0.0959. The number of rotatable bonds is 6. The molecule has 0 aliphatic heterocycles. The number of aromatic nitrogens is 4. The van der Waals surface area contributed by atoms with Gasteiger partial charge in [-0.3, -0.25) is 4.98 Å². The fourth-order valence-corrected chi connectivity index (χ4v) is 2.58. The Bertz CT molecular complexity index is 891. The highest BCUT2D eigenvalue weighted by Gasteiger charge is 2.16. The summed E-state index contributed by atoms with van der Waals surface area (Å²) in [5, 5.41) is 5.14. The van der Waals surface area contributed by atoms with E-state index in [1.54, 1.807) is 24.1 Å². The lowest BCUT2D eigenvalue weighted by Crippen LogP contribution is -2.04. The second-order valence-electron chi connectivity index (χ2n) is 6.16. The zero-order valence-corrected chi connectivity index (χ0v) is 16.0. The van der Waals surface area contributed by atoms with E-state index in [1.807, 2.05) is 45.0 Å². The lowest BCUT2D eigenvalue weighted by atomic mass is 10.2. The van der Waals surface area contributed by atoms with Crippen molar-refractivity contribution in [2.24, 2.45) is 0 Å². The Labute approximate surface area is 157 Å². The third-order valence-corrected chi connectivity index (χ3v) is 4.03. The highest BCUT2D eigenvalue weighted by molar-refractivity contribution is 6.32. The molecule has 26 heavy (non-hydrogen) atoms. The van der Waals surface area contributed by atoms with Gasteiger partial charge in [0.25, 0.3) is 0 Å². The van der Waals surface area contributed by atoms with Crippen LogP contribution in [0.2, 0.25) is 5.02 Å². The summed E-state index contributed by atoms with van der Waals surface area (Å²) in [6.07, 6.45) is 1.90. The van der Waals surface area contributed by atoms with Crippen molar-refractivity contribution in [1.82, 2.24) is 19.7 Å². The van der Waals surface area contributed by atoms with Crippen LogP contribution in [-0.2, 0) is 11.3 Å². The molecule has 0 atom stereocenters. The predicted octanol–water partition coefficient (Wildman–Crippen LogP) is 4.22. The highest BCUT2D eigenvalue weighted by Crippen LogP contribution is 2.28. The summed E-state index contributed by atoms with van der Waals surface area (Å²) in [7, 11) is 1.58. The lowest BCUT2D eigenvalue weighted by molar-refractivity contribution is 0.0613. The molecule has 2 aromatic heterocycles. The number of pyridine rings is 1. The summed E-state index contributed by atoms with van der Waals surface area (Å²) in [5.74, 6) is 1.80. The number of hydrogen-bond donors (Lipinski definition) is 0. The van der Waals surface area contributed by atoms with E-state index in [1.165, 1.54) is 0 Å². The van der Waals surface area contributed by atoms with Gasteiger partial charge in [-0.25, -0.2) is 9.67 Å². The van der Waals surface area contributed by atoms with E-state index in [-0.39, 0.29) is 6.10 Å². The van der Waals surface area contributed by atoms with Crippen LogP contribution >= 0.6 is 11.6 Å². The van der Waals surface area contributed by atoms with Gasteiger partial charge in [0, 0.05) is 12.3 Å². The van der Waals surface area contributed by atoms with E-state index >= 15 is 0 Å². The fraction of sp³-hybridized carbons (Fsp3) is 0.316. The van der Waals surface area contributed by atoms with Crippen LogP contribution in [0.3, 0.4) is 0 Å². The maximum absolute atomic E-state index is 6.15. The normalized spacial score (nSPS) is 11.2. The van der Waals surface area contributed by atoms with Gasteiger partial charge < -0.3 is 9.47 Å². The average molecular weight is 373 g/mol. The Balaban J connectivity index is 2.08. The Morgan fingerprint density at radius 1 is 1.19 bits per heavy atom. The Morgan fingerprint density at radius 2 is 2.00 bits per heavy atom. The van der Waals surface area contributed by atoms with Crippen molar-refractivity contribution in [3.05, 3.63) is 52.9 Å². The topological polar surface area (TPSA) is 62.1 Å². The minimum atomic E-state index is 0.0959. The van der Waals surface area contributed by atoms with Crippen LogP contribution in [0, 0.1) is 6.92 Å². The first-order valence-electron chi connectivity index (χ1n) is 8.32. The van der Waals surface area contributed by atoms with Crippen LogP contribution in [0.1, 0.15) is 25.2 Å². The maximum atomic E-state index is 6.15. The molecule has 6 nitrogen and oxygen atoms in total. The molecule has 0 aliphatic carbocycles. The van der Waals surface area contributed by atoms with E-state index in [0.29, 0.717) is 29.0 Å². The number of ether oxygens (including phenoxy) is 2. The zero-order valence-electron chi connectivity index (χ0n) is 15.2. The van der Waals surface area contributed by atoms with E-state index in [0.717, 1.165) is 16.9 Å². The summed E-state index contributed by atoms with van der Waals surface area (Å²) in [5.41, 5.74) is 2.59. The first-order chi connectivity index (χ1) is 12.5. The predicted molar refractivity (Wildman–Crippen MR) is 101 cm³/mol. The molecule has 0 radical (unpaired) electrons. The molecule has 0 spiro atoms. The number of hydrogen-bond acceptors (Lipinski definition) is 5. The van der Waals surface area contributed by atoms with Crippen molar-refractivity contribution in [2.75, 3.05) is 7.11 Å². The first kappa shape index (κ1) is 18.4. The van der Waals surface area contributed by atoms with Crippen LogP contribution < -0.4 is 4.74 Å². The van der Waals surface area contributed by atoms with Gasteiger partial charge in [0.15, 0.2) is 11.6 Å². The van der Waals surface area contributed by atoms with Crippen LogP contribution in [0.25, 0.3) is 17.2 Å². The minimum Gasteiger partial charge on any atom is -0.495 e. The largest absolute Gasteiger partial charge is 0.495 e. The number of benzene rings is 1. The van der Waals surface area contributed by atoms with Crippen molar-refractivity contribution in [3.8, 4) is 23.0 Å². The molecule has 2 heterocycles. The molecule has 0 saturated heterocycles. The van der Waals surface area contributed by atoms with Gasteiger partial charge in [-0.2, -0.15) is 0 Å². The summed E-state index contributed by atoms with van der Waals surface area (Å²) in [6, 6.07) is 9.38. The van der Waals surface area contributed by atoms with E-state index < -0.39 is 0 Å². The Morgan fingerprint density at radius 3 is 2.65 bits per heavy atom. The molecule has 0 N–H and O–H groups in total. The Hall–Kier alpha value is -2.44. The molecule has 0 amide bonds. The third-order valence-electron chi connectivity index (χ3n) is 3.72. The van der Waals surface area contributed by atoms with Gasteiger partial charge in [0.2, 0.25) is 0 Å². The van der Waals surface area contributed by atoms with Gasteiger partial charge in [0.1, 0.15) is 18.1 Å². The van der Waals surface area contributed by atoms with Crippen LogP contribution in [0.4, 0.5) is 0 Å². The van der Waals surface area contributed by atoms with Gasteiger partial charge in [-0.15, -0.1) is 5.10 Å². The molecule has 0 saturated carbocycles. The third kappa shape index (κ3) is 4.03. The summed E-state index contributed by atoms with van der Waals surface area (Å²) >= 11 is 6.15. The molecule has 1 aromatic carbocycles. The molecular weight excluding hydrogens is 352 g/mol. The monoisotopic (exact) mass is 372 g/mol. The van der Waals surface area contributed by atoms with Gasteiger partial charge in [-0.1, -0.05) is 17.7 Å². The maximum Gasteiger partial charge on any atom is 0.181 e. The highest BCUT2D eigenvalue weighted by atomic mass is 35.5. The molecule has 136 valence electrons. The quantitative estimate of drug-likeness (QED) is 0.648. The molecule has 3 rings (SSSR count). The number of aryl methyl sites for hydroxylation is 1. The van der Waals surface area contributed by atoms with Crippen LogP contribution in [-0.4, -0.2) is 33.0 Å². The second-order valence-corrected chi connectivity index (χ2v) is 6.57. The van der Waals surface area contributed by atoms with E-state index in [9.17, 15) is 0 Å². The SMILES string of the molecule is COc1cc(-n2nc(COC(C)C)nc2-c2ccc(C)cn2)ccc1Cl. The van der Waals surface area contributed by atoms with Crippen molar-refractivity contribution in [3.63, 3.8) is 0 Å². The number of halogens is 1. The van der Waals surface area contributed by atoms with Crippen molar-refractivity contribution in [2.45, 2.75) is 33.5 Å². The molecule has 0 bridgehead atoms. The van der Waals surface area contributed by atoms with Gasteiger partial charge in [-0.05, 0) is 44.5 Å². The van der Waals surface area contributed by atoms with Gasteiger partial charge >= 0.3 is 0 Å². The van der Waals surface area contributed by atoms with Crippen LogP contribution in [0.5, 0.6) is 5.75 Å².